The highest BCUT2D eigenvalue weighted by Gasteiger charge is 2.23. The molecule has 33 heavy (non-hydrogen) atoms. The van der Waals surface area contributed by atoms with Gasteiger partial charge in [-0.1, -0.05) is 39.3 Å². The van der Waals surface area contributed by atoms with Gasteiger partial charge < -0.3 is 9.94 Å². The van der Waals surface area contributed by atoms with Crippen molar-refractivity contribution in [1.82, 2.24) is 9.71 Å². The second-order valence-electron chi connectivity index (χ2n) is 9.90. The molecular formula is C28H30N2O2S. The lowest BCUT2D eigenvalue weighted by Gasteiger charge is -2.25. The number of benzene rings is 2. The normalized spacial score (nSPS) is 14.4. The molecule has 5 heteroatoms. The highest BCUT2D eigenvalue weighted by Crippen LogP contribution is 2.44. The van der Waals surface area contributed by atoms with Gasteiger partial charge in [-0.2, -0.15) is 4.73 Å². The average Bonchev–Trinajstić information content (AvgIpc) is 3.24. The van der Waals surface area contributed by atoms with Crippen molar-refractivity contribution < 1.29 is 9.94 Å². The van der Waals surface area contributed by atoms with Crippen molar-refractivity contribution in [2.75, 3.05) is 0 Å². The lowest BCUT2D eigenvalue weighted by atomic mass is 9.87. The third kappa shape index (κ3) is 4.34. The Labute approximate surface area is 199 Å². The maximum Gasteiger partial charge on any atom is 0.176 e. The van der Waals surface area contributed by atoms with Gasteiger partial charge >= 0.3 is 0 Å². The molecule has 0 aromatic heterocycles. The second-order valence-corrected chi connectivity index (χ2v) is 11.3. The van der Waals surface area contributed by atoms with Crippen molar-refractivity contribution in [3.05, 3.63) is 72.1 Å². The van der Waals surface area contributed by atoms with E-state index in [1.807, 2.05) is 36.9 Å². The van der Waals surface area contributed by atoms with Crippen LogP contribution in [0.4, 0.5) is 0 Å². The minimum atomic E-state index is 0.0455. The molecule has 2 aliphatic heterocycles. The summed E-state index contributed by atoms with van der Waals surface area (Å²) in [6.07, 6.45) is 5.62. The summed E-state index contributed by atoms with van der Waals surface area (Å²) in [5.74, 6) is 2.18. The molecule has 0 amide bonds. The van der Waals surface area contributed by atoms with Gasteiger partial charge in [-0.25, -0.2) is 4.98 Å². The van der Waals surface area contributed by atoms with Crippen LogP contribution in [-0.4, -0.2) is 20.2 Å². The standard InChI is InChI=1S/C28H30N2O2S/c1-18-15-24(23-13-14-29-27(23)30(18)31)25-17-22(33-21-9-6-10-21)11-12-26(25)32-20-8-5-7-19(16-20)28(2,3)4/h5,7-8,11-17,21,31H,6,9-10H2,1-4H3. The van der Waals surface area contributed by atoms with Crippen molar-refractivity contribution in [3.63, 3.8) is 0 Å². The Bertz CT molecular complexity index is 1270. The van der Waals surface area contributed by atoms with Crippen LogP contribution in [0.1, 0.15) is 51.3 Å². The Morgan fingerprint density at radius 3 is 2.55 bits per heavy atom. The van der Waals surface area contributed by atoms with Crippen molar-refractivity contribution in [1.29, 1.82) is 0 Å². The molecular weight excluding hydrogens is 428 g/mol. The predicted molar refractivity (Wildman–Crippen MR) is 135 cm³/mol. The van der Waals surface area contributed by atoms with E-state index in [9.17, 15) is 5.21 Å². The Hall–Kier alpha value is -2.92. The van der Waals surface area contributed by atoms with E-state index in [4.69, 9.17) is 4.74 Å². The zero-order valence-corrected chi connectivity index (χ0v) is 20.4. The minimum Gasteiger partial charge on any atom is -0.457 e. The quantitative estimate of drug-likeness (QED) is 0.308. The summed E-state index contributed by atoms with van der Waals surface area (Å²) in [4.78, 5) is 5.62. The van der Waals surface area contributed by atoms with E-state index >= 15 is 0 Å². The summed E-state index contributed by atoms with van der Waals surface area (Å²) < 4.78 is 7.65. The van der Waals surface area contributed by atoms with Crippen LogP contribution >= 0.6 is 11.8 Å². The van der Waals surface area contributed by atoms with Crippen molar-refractivity contribution in [2.45, 2.75) is 62.5 Å². The van der Waals surface area contributed by atoms with Crippen LogP contribution < -0.4 is 4.74 Å². The first-order valence-corrected chi connectivity index (χ1v) is 12.4. The third-order valence-electron chi connectivity index (χ3n) is 6.38. The number of pyridine rings is 1. The molecule has 5 rings (SSSR count). The monoisotopic (exact) mass is 458 g/mol. The van der Waals surface area contributed by atoms with Gasteiger partial charge in [0.15, 0.2) is 5.82 Å². The topological polar surface area (TPSA) is 47.3 Å². The van der Waals surface area contributed by atoms with E-state index < -0.39 is 0 Å². The fourth-order valence-electron chi connectivity index (χ4n) is 4.16. The largest absolute Gasteiger partial charge is 0.457 e. The van der Waals surface area contributed by atoms with E-state index in [-0.39, 0.29) is 5.41 Å². The summed E-state index contributed by atoms with van der Waals surface area (Å²) in [6, 6.07) is 18.8. The summed E-state index contributed by atoms with van der Waals surface area (Å²) in [6.45, 7) is 8.51. The number of ether oxygens (including phenoxy) is 1. The average molecular weight is 459 g/mol. The predicted octanol–water partition coefficient (Wildman–Crippen LogP) is 7.94. The maximum atomic E-state index is 10.5. The molecule has 0 atom stereocenters. The number of aryl methyl sites for hydroxylation is 1. The van der Waals surface area contributed by atoms with Gasteiger partial charge in [0.05, 0.1) is 5.69 Å². The van der Waals surface area contributed by atoms with Crippen molar-refractivity contribution in [2.24, 2.45) is 0 Å². The van der Waals surface area contributed by atoms with Gasteiger partial charge in [-0.15, -0.1) is 11.8 Å². The van der Waals surface area contributed by atoms with Crippen LogP contribution in [-0.2, 0) is 5.41 Å². The highest BCUT2D eigenvalue weighted by molar-refractivity contribution is 8.00. The first-order chi connectivity index (χ1) is 15.8. The van der Waals surface area contributed by atoms with Crippen LogP contribution in [0.3, 0.4) is 0 Å². The Kier molecular flexibility index (Phi) is 5.61. The maximum absolute atomic E-state index is 10.5. The Morgan fingerprint density at radius 1 is 1.00 bits per heavy atom. The van der Waals surface area contributed by atoms with Gasteiger partial charge in [0.2, 0.25) is 0 Å². The summed E-state index contributed by atoms with van der Waals surface area (Å²) in [5.41, 5.74) is 4.95. The molecule has 170 valence electrons. The minimum absolute atomic E-state index is 0.0455. The number of nitrogens with zero attached hydrogens (tertiary/aromatic N) is 2. The van der Waals surface area contributed by atoms with Crippen LogP contribution in [0.15, 0.2) is 65.7 Å². The zero-order chi connectivity index (χ0) is 23.2. The molecule has 4 nitrogen and oxygen atoms in total. The van der Waals surface area contributed by atoms with E-state index in [1.54, 1.807) is 6.20 Å². The van der Waals surface area contributed by atoms with E-state index in [1.165, 1.54) is 29.7 Å². The van der Waals surface area contributed by atoms with Gasteiger partial charge in [0.1, 0.15) is 11.5 Å². The van der Waals surface area contributed by atoms with Gasteiger partial charge in [-0.05, 0) is 78.8 Å². The number of aromatic nitrogens is 2. The number of fused-ring (bicyclic) bond motifs is 1. The fraction of sp³-hybridized carbons (Fsp3) is 0.321. The first-order valence-electron chi connectivity index (χ1n) is 11.6. The van der Waals surface area contributed by atoms with Gasteiger partial charge in [-0.3, -0.25) is 0 Å². The number of hydrogen-bond donors (Lipinski definition) is 1. The zero-order valence-electron chi connectivity index (χ0n) is 19.6. The van der Waals surface area contributed by atoms with Crippen LogP contribution in [0.5, 0.6) is 11.5 Å². The molecule has 0 saturated heterocycles. The van der Waals surface area contributed by atoms with Gasteiger partial charge in [0.25, 0.3) is 0 Å². The van der Waals surface area contributed by atoms with Crippen molar-refractivity contribution in [3.8, 4) is 34.0 Å². The Balaban J connectivity index is 1.61. The molecule has 2 heterocycles. The summed E-state index contributed by atoms with van der Waals surface area (Å²) in [7, 11) is 0. The highest BCUT2D eigenvalue weighted by atomic mass is 32.2. The molecule has 0 unspecified atom stereocenters. The van der Waals surface area contributed by atoms with E-state index in [0.717, 1.165) is 38.6 Å². The molecule has 0 spiro atoms. The fourth-order valence-corrected chi connectivity index (χ4v) is 5.45. The molecule has 1 fully saturated rings. The molecule has 1 aliphatic carbocycles. The molecule has 0 radical (unpaired) electrons. The SMILES string of the molecule is Cc1cc(-c2cc(SC3CCC3)ccc2Oc2cccc(C(C)(C)C)c2)c2ccnc-2n1O. The van der Waals surface area contributed by atoms with E-state index in [2.05, 4.69) is 62.2 Å². The first kappa shape index (κ1) is 21.9. The lowest BCUT2D eigenvalue weighted by molar-refractivity contribution is 0.180. The summed E-state index contributed by atoms with van der Waals surface area (Å²) >= 11 is 1.95. The molecule has 0 bridgehead atoms. The smallest absolute Gasteiger partial charge is 0.176 e. The number of thioether (sulfide) groups is 1. The molecule has 2 aromatic carbocycles. The summed E-state index contributed by atoms with van der Waals surface area (Å²) in [5, 5.41) is 11.2. The van der Waals surface area contributed by atoms with Gasteiger partial charge in [0, 0.05) is 27.5 Å². The third-order valence-corrected chi connectivity index (χ3v) is 7.71. The lowest BCUT2D eigenvalue weighted by Crippen LogP contribution is -2.12. The molecule has 1 N–H and O–H groups in total. The molecule has 2 aromatic rings. The van der Waals surface area contributed by atoms with E-state index in [0.29, 0.717) is 11.1 Å². The second kappa shape index (κ2) is 8.45. The molecule has 1 saturated carbocycles. The van der Waals surface area contributed by atoms with Crippen LogP contribution in [0, 0.1) is 6.92 Å². The number of rotatable bonds is 5. The van der Waals surface area contributed by atoms with Crippen molar-refractivity contribution >= 4 is 11.8 Å². The number of hydrogen-bond acceptors (Lipinski definition) is 4. The molecule has 3 aliphatic rings. The van der Waals surface area contributed by atoms with Crippen LogP contribution in [0.2, 0.25) is 0 Å². The van der Waals surface area contributed by atoms with Crippen LogP contribution in [0.25, 0.3) is 22.5 Å². The Morgan fingerprint density at radius 2 is 1.82 bits per heavy atom.